The van der Waals surface area contributed by atoms with Crippen LogP contribution in [0, 0.1) is 0 Å². The van der Waals surface area contributed by atoms with E-state index in [0.29, 0.717) is 13.1 Å². The number of rotatable bonds is 3. The molecule has 1 saturated heterocycles. The lowest BCUT2D eigenvalue weighted by Gasteiger charge is -2.35. The molecule has 1 amide bonds. The van der Waals surface area contributed by atoms with Crippen molar-refractivity contribution in [1.29, 1.82) is 0 Å². The summed E-state index contributed by atoms with van der Waals surface area (Å²) in [5, 5.41) is 9.16. The first-order valence-electron chi connectivity index (χ1n) is 6.57. The molecule has 0 aromatic heterocycles. The molecule has 5 heteroatoms. The number of aliphatic hydroxyl groups is 1. The van der Waals surface area contributed by atoms with Crippen LogP contribution in [0.15, 0.2) is 34.8 Å². The fraction of sp³-hybridized carbons (Fsp3) is 0.400. The number of ether oxygens (including phenoxy) is 1. The Morgan fingerprint density at radius 3 is 3.05 bits per heavy atom. The number of nitrogens with zero attached hydrogens (tertiary/aromatic N) is 1. The third kappa shape index (κ3) is 4.16. The van der Waals surface area contributed by atoms with E-state index in [-0.39, 0.29) is 24.7 Å². The summed E-state index contributed by atoms with van der Waals surface area (Å²) in [6.07, 6.45) is 3.01. The van der Waals surface area contributed by atoms with Crippen molar-refractivity contribution in [2.75, 3.05) is 19.7 Å². The van der Waals surface area contributed by atoms with Gasteiger partial charge in [0.1, 0.15) is 0 Å². The molecule has 0 saturated carbocycles. The van der Waals surface area contributed by atoms with Crippen LogP contribution < -0.4 is 0 Å². The number of aliphatic hydroxyl groups excluding tert-OH is 1. The van der Waals surface area contributed by atoms with Gasteiger partial charge >= 0.3 is 0 Å². The van der Waals surface area contributed by atoms with Crippen molar-refractivity contribution in [2.24, 2.45) is 0 Å². The van der Waals surface area contributed by atoms with E-state index in [1.54, 1.807) is 17.1 Å². The Morgan fingerprint density at radius 1 is 1.55 bits per heavy atom. The van der Waals surface area contributed by atoms with Crippen LogP contribution >= 0.6 is 15.9 Å². The summed E-state index contributed by atoms with van der Waals surface area (Å²) in [5.74, 6) is -0.0569. The van der Waals surface area contributed by atoms with Crippen molar-refractivity contribution in [3.63, 3.8) is 0 Å². The zero-order valence-electron chi connectivity index (χ0n) is 11.3. The first-order valence-corrected chi connectivity index (χ1v) is 7.36. The number of hydrogen-bond acceptors (Lipinski definition) is 3. The molecule has 0 bridgehead atoms. The van der Waals surface area contributed by atoms with Crippen molar-refractivity contribution in [1.82, 2.24) is 4.90 Å². The SMILES string of the molecule is CC1CN(C(=O)/C=C/c2cccc(Br)c2)CC(CO)O1. The number of carbonyl (C=O) groups excluding carboxylic acids is 1. The van der Waals surface area contributed by atoms with Crippen LogP contribution in [0.2, 0.25) is 0 Å². The Kier molecular flexibility index (Phi) is 5.34. The average molecular weight is 340 g/mol. The summed E-state index contributed by atoms with van der Waals surface area (Å²) in [4.78, 5) is 13.9. The summed E-state index contributed by atoms with van der Waals surface area (Å²) in [6.45, 7) is 2.82. The molecule has 1 aromatic carbocycles. The number of carbonyl (C=O) groups is 1. The highest BCUT2D eigenvalue weighted by atomic mass is 79.9. The first-order chi connectivity index (χ1) is 9.58. The van der Waals surface area contributed by atoms with Gasteiger partial charge in [0.05, 0.1) is 18.8 Å². The molecule has 2 atom stereocenters. The predicted octanol–water partition coefficient (Wildman–Crippen LogP) is 2.07. The van der Waals surface area contributed by atoms with Crippen LogP contribution in [0.3, 0.4) is 0 Å². The molecule has 20 heavy (non-hydrogen) atoms. The van der Waals surface area contributed by atoms with Gasteiger partial charge in [-0.2, -0.15) is 0 Å². The molecule has 1 aliphatic heterocycles. The second-order valence-electron chi connectivity index (χ2n) is 4.88. The minimum absolute atomic E-state index is 0.0517. The van der Waals surface area contributed by atoms with Gasteiger partial charge in [-0.05, 0) is 30.7 Å². The van der Waals surface area contributed by atoms with Gasteiger partial charge in [-0.1, -0.05) is 28.1 Å². The van der Waals surface area contributed by atoms with Crippen LogP contribution in [0.5, 0.6) is 0 Å². The zero-order chi connectivity index (χ0) is 14.5. The quantitative estimate of drug-likeness (QED) is 0.857. The summed E-state index contributed by atoms with van der Waals surface area (Å²) in [6, 6.07) is 7.75. The minimum atomic E-state index is -0.290. The maximum Gasteiger partial charge on any atom is 0.246 e. The molecular weight excluding hydrogens is 322 g/mol. The van der Waals surface area contributed by atoms with Crippen LogP contribution in [0.1, 0.15) is 12.5 Å². The molecule has 2 unspecified atom stereocenters. The predicted molar refractivity (Wildman–Crippen MR) is 81.2 cm³/mol. The van der Waals surface area contributed by atoms with Gasteiger partial charge < -0.3 is 14.7 Å². The van der Waals surface area contributed by atoms with Gasteiger partial charge in [0.2, 0.25) is 5.91 Å². The molecule has 108 valence electrons. The molecule has 0 aliphatic carbocycles. The summed E-state index contributed by atoms with van der Waals surface area (Å²) in [5.41, 5.74) is 0.966. The number of halogens is 1. The summed E-state index contributed by atoms with van der Waals surface area (Å²) in [7, 11) is 0. The lowest BCUT2D eigenvalue weighted by molar-refractivity contribution is -0.142. The van der Waals surface area contributed by atoms with Crippen molar-refractivity contribution in [3.05, 3.63) is 40.4 Å². The van der Waals surface area contributed by atoms with Gasteiger partial charge in [-0.15, -0.1) is 0 Å². The number of morpholine rings is 1. The van der Waals surface area contributed by atoms with Crippen molar-refractivity contribution >= 4 is 27.9 Å². The molecule has 2 rings (SSSR count). The van der Waals surface area contributed by atoms with E-state index in [4.69, 9.17) is 9.84 Å². The average Bonchev–Trinajstić information content (AvgIpc) is 2.44. The van der Waals surface area contributed by atoms with E-state index < -0.39 is 0 Å². The normalized spacial score (nSPS) is 23.2. The molecule has 0 radical (unpaired) electrons. The summed E-state index contributed by atoms with van der Waals surface area (Å²) >= 11 is 3.40. The standard InChI is InChI=1S/C15H18BrNO3/c1-11-8-17(9-14(10-18)20-11)15(19)6-5-12-3-2-4-13(16)7-12/h2-7,11,14,18H,8-10H2,1H3/b6-5+. The highest BCUT2D eigenvalue weighted by Crippen LogP contribution is 2.14. The number of benzene rings is 1. The number of amides is 1. The lowest BCUT2D eigenvalue weighted by Crippen LogP contribution is -2.49. The van der Waals surface area contributed by atoms with Gasteiger partial charge in [0, 0.05) is 23.6 Å². The van der Waals surface area contributed by atoms with E-state index in [0.717, 1.165) is 10.0 Å². The van der Waals surface area contributed by atoms with Gasteiger partial charge in [-0.3, -0.25) is 4.79 Å². The number of hydrogen-bond donors (Lipinski definition) is 1. The van der Waals surface area contributed by atoms with Gasteiger partial charge in [0.15, 0.2) is 0 Å². The Morgan fingerprint density at radius 2 is 2.35 bits per heavy atom. The molecule has 1 heterocycles. The Bertz CT molecular complexity index is 504. The van der Waals surface area contributed by atoms with Gasteiger partial charge in [0.25, 0.3) is 0 Å². The van der Waals surface area contributed by atoms with Crippen LogP contribution in [-0.2, 0) is 9.53 Å². The third-order valence-electron chi connectivity index (χ3n) is 3.11. The summed E-state index contributed by atoms with van der Waals surface area (Å²) < 4.78 is 6.50. The largest absolute Gasteiger partial charge is 0.394 e. The fourth-order valence-electron chi connectivity index (χ4n) is 2.21. The Balaban J connectivity index is 2.00. The van der Waals surface area contributed by atoms with E-state index in [1.165, 1.54) is 0 Å². The fourth-order valence-corrected chi connectivity index (χ4v) is 2.63. The van der Waals surface area contributed by atoms with Crippen molar-refractivity contribution in [3.8, 4) is 0 Å². The smallest absolute Gasteiger partial charge is 0.246 e. The van der Waals surface area contributed by atoms with E-state index >= 15 is 0 Å². The van der Waals surface area contributed by atoms with E-state index in [1.807, 2.05) is 31.2 Å². The van der Waals surface area contributed by atoms with Crippen LogP contribution in [0.25, 0.3) is 6.08 Å². The monoisotopic (exact) mass is 339 g/mol. The lowest BCUT2D eigenvalue weighted by atomic mass is 10.2. The molecule has 1 aliphatic rings. The van der Waals surface area contributed by atoms with Crippen molar-refractivity contribution < 1.29 is 14.6 Å². The molecule has 0 spiro atoms. The highest BCUT2D eigenvalue weighted by Gasteiger charge is 2.26. The minimum Gasteiger partial charge on any atom is -0.394 e. The van der Waals surface area contributed by atoms with E-state index in [2.05, 4.69) is 15.9 Å². The molecule has 1 fully saturated rings. The molecular formula is C15H18BrNO3. The Labute approximate surface area is 127 Å². The second-order valence-corrected chi connectivity index (χ2v) is 5.80. The maximum absolute atomic E-state index is 12.2. The van der Waals surface area contributed by atoms with Crippen LogP contribution in [-0.4, -0.2) is 47.8 Å². The highest BCUT2D eigenvalue weighted by molar-refractivity contribution is 9.10. The van der Waals surface area contributed by atoms with Crippen molar-refractivity contribution in [2.45, 2.75) is 19.1 Å². The topological polar surface area (TPSA) is 49.8 Å². The van der Waals surface area contributed by atoms with E-state index in [9.17, 15) is 4.79 Å². The zero-order valence-corrected chi connectivity index (χ0v) is 12.9. The second kappa shape index (κ2) is 7.02. The Hall–Kier alpha value is -1.17. The maximum atomic E-state index is 12.2. The molecule has 1 aromatic rings. The first kappa shape index (κ1) is 15.2. The van der Waals surface area contributed by atoms with Crippen LogP contribution in [0.4, 0.5) is 0 Å². The molecule has 1 N–H and O–H groups in total. The molecule has 4 nitrogen and oxygen atoms in total. The van der Waals surface area contributed by atoms with Gasteiger partial charge in [-0.25, -0.2) is 0 Å². The third-order valence-corrected chi connectivity index (χ3v) is 3.60.